The van der Waals surface area contributed by atoms with Gasteiger partial charge in [0, 0.05) is 56.3 Å². The highest BCUT2D eigenvalue weighted by atomic mass is 16.5. The quantitative estimate of drug-likeness (QED) is 0.178. The van der Waals surface area contributed by atoms with E-state index < -0.39 is 0 Å². The molecule has 2 aromatic heterocycles. The Balaban J connectivity index is 1.04. The van der Waals surface area contributed by atoms with Crippen LogP contribution in [0.2, 0.25) is 0 Å². The SMILES string of the molecule is CN/C(OCC1CCOCC1)=C(\C=NC1CCC(N2[C@@H]3CC[C@H]2COC3)CC1)Nc1ncc(-c2ccc(C#N)c(O[C@@H](C)Cn3cncn3)c2)cn1. The lowest BCUT2D eigenvalue weighted by molar-refractivity contribution is -0.0439. The first kappa shape index (κ1) is 35.8. The average Bonchev–Trinajstić information content (AvgIpc) is 3.78. The van der Waals surface area contributed by atoms with Crippen LogP contribution in [0.15, 0.2) is 59.8 Å². The van der Waals surface area contributed by atoms with E-state index in [2.05, 4.69) is 41.7 Å². The fraction of sp³-hybridized carbons (Fsp3) is 0.579. The average molecular weight is 711 g/mol. The molecule has 3 saturated heterocycles. The van der Waals surface area contributed by atoms with Gasteiger partial charge in [0.25, 0.3) is 0 Å². The number of nitrogens with one attached hydrogen (secondary N) is 2. The maximum atomic E-state index is 9.73. The third-order valence-electron chi connectivity index (χ3n) is 10.6. The molecule has 0 unspecified atom stereocenters. The lowest BCUT2D eigenvalue weighted by atomic mass is 9.89. The number of ether oxygens (including phenoxy) is 4. The van der Waals surface area contributed by atoms with Gasteiger partial charge in [-0.15, -0.1) is 0 Å². The predicted molar refractivity (Wildman–Crippen MR) is 196 cm³/mol. The van der Waals surface area contributed by atoms with E-state index in [0.717, 1.165) is 76.1 Å². The fourth-order valence-electron chi connectivity index (χ4n) is 7.89. The molecule has 276 valence electrons. The van der Waals surface area contributed by atoms with E-state index in [4.69, 9.17) is 23.9 Å². The van der Waals surface area contributed by atoms with Crippen molar-refractivity contribution in [3.63, 3.8) is 0 Å². The van der Waals surface area contributed by atoms with Crippen LogP contribution < -0.4 is 15.4 Å². The lowest BCUT2D eigenvalue weighted by Gasteiger charge is -2.43. The van der Waals surface area contributed by atoms with Crippen LogP contribution in [0.5, 0.6) is 5.75 Å². The molecule has 1 aliphatic carbocycles. The molecule has 0 spiro atoms. The van der Waals surface area contributed by atoms with E-state index in [1.54, 1.807) is 29.5 Å². The van der Waals surface area contributed by atoms with Crippen LogP contribution in [0.4, 0.5) is 5.95 Å². The van der Waals surface area contributed by atoms with Crippen molar-refractivity contribution in [2.75, 3.05) is 45.4 Å². The molecule has 5 heterocycles. The second-order valence-corrected chi connectivity index (χ2v) is 14.3. The molecule has 0 radical (unpaired) electrons. The summed E-state index contributed by atoms with van der Waals surface area (Å²) in [7, 11) is 1.86. The monoisotopic (exact) mass is 710 g/mol. The molecule has 3 atom stereocenters. The molecular formula is C38H50N10O4. The standard InChI is InChI=1S/C38H50N10O4/c1-26(20-47-25-41-24-45-47)52-36-15-28(3-4-29(36)16-39)30-17-43-38(44-18-30)46-35(37(40-2)51-21-27-11-13-49-14-12-27)19-42-31-5-7-32(8-6-31)48-33-9-10-34(48)23-50-22-33/h3-4,15,17-19,24-27,31-34,40H,5-14,20-23H2,1-2H3,(H,43,44,46)/b37-35-,42-19?/t26-,31?,32?,33-,34+/m0/s1. The van der Waals surface area contributed by atoms with Crippen LogP contribution in [0.1, 0.15) is 63.9 Å². The zero-order valence-corrected chi connectivity index (χ0v) is 30.2. The molecule has 14 nitrogen and oxygen atoms in total. The van der Waals surface area contributed by atoms with Crippen molar-refractivity contribution < 1.29 is 18.9 Å². The zero-order valence-electron chi connectivity index (χ0n) is 30.2. The van der Waals surface area contributed by atoms with Gasteiger partial charge in [0.05, 0.1) is 44.2 Å². The third-order valence-corrected chi connectivity index (χ3v) is 10.6. The number of morpholine rings is 1. The van der Waals surface area contributed by atoms with E-state index >= 15 is 0 Å². The smallest absolute Gasteiger partial charge is 0.227 e. The van der Waals surface area contributed by atoms with Crippen molar-refractivity contribution in [2.24, 2.45) is 10.9 Å². The van der Waals surface area contributed by atoms with E-state index in [-0.39, 0.29) is 12.1 Å². The van der Waals surface area contributed by atoms with E-state index in [9.17, 15) is 5.26 Å². The number of benzene rings is 1. The number of aliphatic imine (C=N–C) groups is 1. The van der Waals surface area contributed by atoms with E-state index in [1.807, 2.05) is 32.3 Å². The van der Waals surface area contributed by atoms with Gasteiger partial charge in [-0.2, -0.15) is 10.4 Å². The van der Waals surface area contributed by atoms with Crippen LogP contribution in [-0.4, -0.2) is 106 Å². The zero-order chi connectivity index (χ0) is 35.7. The van der Waals surface area contributed by atoms with Crippen LogP contribution in [0.25, 0.3) is 11.1 Å². The van der Waals surface area contributed by atoms with Gasteiger partial charge >= 0.3 is 0 Å². The summed E-state index contributed by atoms with van der Waals surface area (Å²) in [5.41, 5.74) is 2.76. The Morgan fingerprint density at radius 2 is 1.77 bits per heavy atom. The maximum absolute atomic E-state index is 9.73. The first-order chi connectivity index (χ1) is 25.6. The number of fused-ring (bicyclic) bond motifs is 2. The van der Waals surface area contributed by atoms with Crippen LogP contribution in [0.3, 0.4) is 0 Å². The normalized spacial score (nSPS) is 24.9. The Kier molecular flexibility index (Phi) is 11.9. The summed E-state index contributed by atoms with van der Waals surface area (Å²) < 4.78 is 25.6. The van der Waals surface area contributed by atoms with Crippen molar-refractivity contribution in [1.29, 1.82) is 5.26 Å². The van der Waals surface area contributed by atoms with Gasteiger partial charge in [0.2, 0.25) is 11.8 Å². The predicted octanol–water partition coefficient (Wildman–Crippen LogP) is 4.56. The molecule has 4 fully saturated rings. The van der Waals surface area contributed by atoms with Crippen LogP contribution in [0, 0.1) is 17.2 Å². The number of rotatable bonds is 14. The highest BCUT2D eigenvalue weighted by molar-refractivity contribution is 5.83. The van der Waals surface area contributed by atoms with E-state index in [1.165, 1.54) is 19.2 Å². The molecule has 2 N–H and O–H groups in total. The summed E-state index contributed by atoms with van der Waals surface area (Å²) in [6, 6.07) is 9.76. The van der Waals surface area contributed by atoms with Gasteiger partial charge in [0.1, 0.15) is 36.3 Å². The highest BCUT2D eigenvalue weighted by Gasteiger charge is 2.42. The van der Waals surface area contributed by atoms with Gasteiger partial charge in [-0.1, -0.05) is 6.07 Å². The summed E-state index contributed by atoms with van der Waals surface area (Å²) in [5, 5.41) is 20.5. The van der Waals surface area contributed by atoms with Gasteiger partial charge < -0.3 is 29.6 Å². The largest absolute Gasteiger partial charge is 0.487 e. The molecule has 52 heavy (non-hydrogen) atoms. The van der Waals surface area contributed by atoms with Crippen molar-refractivity contribution in [2.45, 2.75) is 95.1 Å². The molecule has 14 heteroatoms. The molecule has 1 aromatic carbocycles. The van der Waals surface area contributed by atoms with Gasteiger partial charge in [-0.3, -0.25) is 9.89 Å². The first-order valence-corrected chi connectivity index (χ1v) is 18.7. The number of nitriles is 1. The molecule has 4 aliphatic rings. The van der Waals surface area contributed by atoms with Crippen molar-refractivity contribution in [3.8, 4) is 22.9 Å². The molecule has 3 aromatic rings. The fourth-order valence-corrected chi connectivity index (χ4v) is 7.89. The van der Waals surface area contributed by atoms with Gasteiger partial charge in [-0.05, 0) is 81.9 Å². The molecule has 1 saturated carbocycles. The van der Waals surface area contributed by atoms with Gasteiger partial charge in [0.15, 0.2) is 0 Å². The minimum atomic E-state index is -0.233. The number of nitrogens with zero attached hydrogens (tertiary/aromatic N) is 8. The Labute approximate surface area is 305 Å². The first-order valence-electron chi connectivity index (χ1n) is 18.7. The Hall–Kier alpha value is -4.58. The van der Waals surface area contributed by atoms with Crippen molar-refractivity contribution in [1.82, 2.24) is 34.9 Å². The number of allylic oxidation sites excluding steroid dienone is 1. The molecule has 3 aliphatic heterocycles. The van der Waals surface area contributed by atoms with Crippen LogP contribution >= 0.6 is 0 Å². The van der Waals surface area contributed by atoms with Crippen molar-refractivity contribution in [3.05, 3.63) is 60.4 Å². The Morgan fingerprint density at radius 1 is 1.02 bits per heavy atom. The summed E-state index contributed by atoms with van der Waals surface area (Å²) in [4.78, 5) is 21.2. The second-order valence-electron chi connectivity index (χ2n) is 14.3. The summed E-state index contributed by atoms with van der Waals surface area (Å²) in [5.74, 6) is 1.95. The minimum absolute atomic E-state index is 0.233. The summed E-state index contributed by atoms with van der Waals surface area (Å²) in [6.07, 6.45) is 17.2. The number of anilines is 1. The lowest BCUT2D eigenvalue weighted by Crippen LogP contribution is -2.52. The number of aromatic nitrogens is 5. The topological polar surface area (TPSA) is 157 Å². The van der Waals surface area contributed by atoms with Crippen LogP contribution in [-0.2, 0) is 20.8 Å². The number of hydrogen-bond donors (Lipinski definition) is 2. The molecule has 7 rings (SSSR count). The summed E-state index contributed by atoms with van der Waals surface area (Å²) in [6.45, 7) is 6.32. The minimum Gasteiger partial charge on any atom is -0.487 e. The van der Waals surface area contributed by atoms with Crippen molar-refractivity contribution >= 4 is 12.2 Å². The third kappa shape index (κ3) is 8.89. The summed E-state index contributed by atoms with van der Waals surface area (Å²) >= 11 is 0. The Morgan fingerprint density at radius 3 is 2.46 bits per heavy atom. The highest BCUT2D eigenvalue weighted by Crippen LogP contribution is 2.36. The molecular weight excluding hydrogens is 660 g/mol. The molecule has 0 amide bonds. The Bertz CT molecular complexity index is 1680. The second kappa shape index (κ2) is 17.3. The number of hydrogen-bond acceptors (Lipinski definition) is 13. The molecule has 2 bridgehead atoms. The maximum Gasteiger partial charge on any atom is 0.227 e. The van der Waals surface area contributed by atoms with E-state index in [0.29, 0.717) is 66.0 Å². The van der Waals surface area contributed by atoms with Gasteiger partial charge in [-0.25, -0.2) is 19.6 Å².